The van der Waals surface area contributed by atoms with Gasteiger partial charge in [0.1, 0.15) is 0 Å². The first-order valence-corrected chi connectivity index (χ1v) is 18.7. The number of thioether (sulfide) groups is 1. The van der Waals surface area contributed by atoms with Crippen LogP contribution in [-0.4, -0.2) is 44.2 Å². The maximum Gasteiger partial charge on any atom is 0.303 e. The molecule has 0 amide bonds. The standard InChI is InChI=1S/C35H36ClNO3S.C6H13NO/c1-34(2,40)30-9-4-3-7-25(30)13-17-32(41-23-35(18-19-35)22-33(38)39)27-8-5-6-24(20-27)10-15-29-16-12-26-11-14-28(36)21-31(26)37-29;7-5-1-3-6(8)4-2-5/h3-12,14-16,20-21,32,40H,13,17-19,22-23H2,1-2H3,(H,38,39);5-6,8H,1-4,7H2/t32-;5-,6-/m1./s1. The SMILES string of the molecule is CC(C)(O)c1ccccc1CC[C@@H](SCC1(CC(=O)O)CC1)c1cccc(C=Cc2ccc3ccc(Cl)cc3n2)c1.N[C@H]1CC[C@H](O)CC1. The van der Waals surface area contributed by atoms with E-state index in [2.05, 4.69) is 42.5 Å². The number of rotatable bonds is 12. The molecule has 2 saturated carbocycles. The smallest absolute Gasteiger partial charge is 0.303 e. The minimum atomic E-state index is -0.911. The Balaban J connectivity index is 0.000000514. The minimum Gasteiger partial charge on any atom is -0.481 e. The third kappa shape index (κ3) is 11.1. The molecule has 2 aliphatic carbocycles. The summed E-state index contributed by atoms with van der Waals surface area (Å²) in [5, 5.41) is 31.1. The van der Waals surface area contributed by atoms with Crippen LogP contribution < -0.4 is 5.73 Å². The van der Waals surface area contributed by atoms with Crippen LogP contribution in [0.25, 0.3) is 23.1 Å². The van der Waals surface area contributed by atoms with Gasteiger partial charge in [-0.1, -0.05) is 78.3 Å². The Bertz CT molecular complexity index is 1730. The van der Waals surface area contributed by atoms with Crippen LogP contribution >= 0.6 is 23.4 Å². The lowest BCUT2D eigenvalue weighted by atomic mass is 9.90. The number of benzene rings is 3. The molecule has 6 nitrogen and oxygen atoms in total. The molecule has 49 heavy (non-hydrogen) atoms. The Kier molecular flexibility index (Phi) is 12.6. The highest BCUT2D eigenvalue weighted by molar-refractivity contribution is 7.99. The van der Waals surface area contributed by atoms with Crippen LogP contribution in [-0.2, 0) is 16.8 Å². The van der Waals surface area contributed by atoms with Crippen LogP contribution in [0.1, 0.15) is 98.4 Å². The summed E-state index contributed by atoms with van der Waals surface area (Å²) >= 11 is 8.04. The molecule has 5 N–H and O–H groups in total. The monoisotopic (exact) mass is 700 g/mol. The van der Waals surface area contributed by atoms with Gasteiger partial charge in [-0.2, -0.15) is 11.8 Å². The molecule has 1 heterocycles. The van der Waals surface area contributed by atoms with E-state index in [4.69, 9.17) is 27.4 Å². The van der Waals surface area contributed by atoms with E-state index in [1.165, 1.54) is 5.56 Å². The van der Waals surface area contributed by atoms with Gasteiger partial charge in [-0.25, -0.2) is 4.98 Å². The van der Waals surface area contributed by atoms with Crippen LogP contribution in [0.4, 0.5) is 0 Å². The maximum absolute atomic E-state index is 11.5. The van der Waals surface area contributed by atoms with Crippen molar-refractivity contribution in [3.63, 3.8) is 0 Å². The van der Waals surface area contributed by atoms with Gasteiger partial charge in [0.05, 0.1) is 29.3 Å². The van der Waals surface area contributed by atoms with E-state index in [-0.39, 0.29) is 23.2 Å². The van der Waals surface area contributed by atoms with Gasteiger partial charge in [0, 0.05) is 27.5 Å². The lowest BCUT2D eigenvalue weighted by molar-refractivity contribution is -0.138. The van der Waals surface area contributed by atoms with E-state index in [1.54, 1.807) is 0 Å². The third-order valence-corrected chi connectivity index (χ3v) is 11.5. The van der Waals surface area contributed by atoms with Crippen molar-refractivity contribution >= 4 is 52.4 Å². The van der Waals surface area contributed by atoms with Crippen molar-refractivity contribution in [2.75, 3.05) is 5.75 Å². The Labute approximate surface area is 299 Å². The zero-order valence-corrected chi connectivity index (χ0v) is 30.1. The number of carbonyl (C=O) groups is 1. The number of hydrogen-bond donors (Lipinski definition) is 4. The van der Waals surface area contributed by atoms with Crippen LogP contribution in [0.5, 0.6) is 0 Å². The number of aliphatic hydroxyl groups excluding tert-OH is 1. The predicted octanol–water partition coefficient (Wildman–Crippen LogP) is 9.20. The zero-order valence-electron chi connectivity index (χ0n) is 28.5. The fourth-order valence-electron chi connectivity index (χ4n) is 6.46. The Morgan fingerprint density at radius 1 is 1.02 bits per heavy atom. The zero-order chi connectivity index (χ0) is 35.0. The molecule has 1 aromatic heterocycles. The van der Waals surface area contributed by atoms with E-state index in [0.29, 0.717) is 11.1 Å². The van der Waals surface area contributed by atoms with Gasteiger partial charge in [0.2, 0.25) is 0 Å². The van der Waals surface area contributed by atoms with Crippen LogP contribution in [0, 0.1) is 5.41 Å². The molecule has 4 aromatic rings. The number of fused-ring (bicyclic) bond motifs is 1. The van der Waals surface area contributed by atoms with Crippen molar-refractivity contribution in [3.8, 4) is 0 Å². The lowest BCUT2D eigenvalue weighted by Crippen LogP contribution is -2.28. The molecule has 0 bridgehead atoms. The number of carboxylic acid groups (broad SMARTS) is 1. The summed E-state index contributed by atoms with van der Waals surface area (Å²) in [6.45, 7) is 3.66. The molecule has 1 atom stereocenters. The van der Waals surface area contributed by atoms with Crippen LogP contribution in [0.15, 0.2) is 78.9 Å². The molecule has 0 spiro atoms. The molecule has 2 fully saturated rings. The summed E-state index contributed by atoms with van der Waals surface area (Å²) in [5.41, 5.74) is 10.7. The predicted molar refractivity (Wildman–Crippen MR) is 204 cm³/mol. The fourth-order valence-corrected chi connectivity index (χ4v) is 8.20. The van der Waals surface area contributed by atoms with Gasteiger partial charge < -0.3 is 21.1 Å². The number of carboxylic acids is 1. The Morgan fingerprint density at radius 2 is 1.76 bits per heavy atom. The van der Waals surface area contributed by atoms with Gasteiger partial charge in [0.25, 0.3) is 0 Å². The van der Waals surface area contributed by atoms with Crippen molar-refractivity contribution < 1.29 is 20.1 Å². The average molecular weight is 701 g/mol. The third-order valence-electron chi connectivity index (χ3n) is 9.57. The largest absolute Gasteiger partial charge is 0.481 e. The molecule has 2 aliphatic rings. The quantitative estimate of drug-likeness (QED) is 0.116. The van der Waals surface area contributed by atoms with E-state index in [1.807, 2.05) is 74.1 Å². The number of pyridine rings is 1. The molecule has 3 aromatic carbocycles. The molecule has 0 saturated heterocycles. The first-order chi connectivity index (χ1) is 23.4. The van der Waals surface area contributed by atoms with E-state index < -0.39 is 11.6 Å². The number of aliphatic carboxylic acids is 1. The van der Waals surface area contributed by atoms with E-state index >= 15 is 0 Å². The number of nitrogens with zero attached hydrogens (tertiary/aromatic N) is 1. The lowest BCUT2D eigenvalue weighted by Gasteiger charge is -2.24. The summed E-state index contributed by atoms with van der Waals surface area (Å²) in [6, 6.07) is 26.8. The van der Waals surface area contributed by atoms with Crippen molar-refractivity contribution in [3.05, 3.63) is 112 Å². The van der Waals surface area contributed by atoms with Crippen molar-refractivity contribution in [2.45, 2.75) is 94.6 Å². The van der Waals surface area contributed by atoms with Gasteiger partial charge in [0.15, 0.2) is 0 Å². The van der Waals surface area contributed by atoms with Crippen LogP contribution in [0.3, 0.4) is 0 Å². The molecule has 260 valence electrons. The second kappa shape index (κ2) is 16.7. The van der Waals surface area contributed by atoms with Gasteiger partial charge in [-0.15, -0.1) is 0 Å². The number of aromatic nitrogens is 1. The van der Waals surface area contributed by atoms with Crippen molar-refractivity contribution in [2.24, 2.45) is 11.1 Å². The number of nitrogens with two attached hydrogens (primary N) is 1. The molecule has 0 aliphatic heterocycles. The first kappa shape index (κ1) is 37.1. The molecule has 6 rings (SSSR count). The van der Waals surface area contributed by atoms with Crippen LogP contribution in [0.2, 0.25) is 5.02 Å². The van der Waals surface area contributed by atoms with Gasteiger partial charge in [-0.3, -0.25) is 4.79 Å². The second-order valence-corrected chi connectivity index (χ2v) is 15.9. The number of aliphatic hydroxyl groups is 2. The first-order valence-electron chi connectivity index (χ1n) is 17.3. The van der Waals surface area contributed by atoms with Crippen molar-refractivity contribution in [1.82, 2.24) is 4.98 Å². The number of hydrogen-bond acceptors (Lipinski definition) is 6. The topological polar surface area (TPSA) is 117 Å². The summed E-state index contributed by atoms with van der Waals surface area (Å²) in [6.07, 6.45) is 11.8. The highest BCUT2D eigenvalue weighted by Crippen LogP contribution is 2.53. The van der Waals surface area contributed by atoms with Crippen molar-refractivity contribution in [1.29, 1.82) is 0 Å². The van der Waals surface area contributed by atoms with E-state index in [9.17, 15) is 15.0 Å². The van der Waals surface area contributed by atoms with E-state index in [0.717, 1.165) is 90.4 Å². The van der Waals surface area contributed by atoms with Gasteiger partial charge >= 0.3 is 5.97 Å². The average Bonchev–Trinajstić information content (AvgIpc) is 3.83. The normalized spacial score (nSPS) is 19.3. The summed E-state index contributed by atoms with van der Waals surface area (Å²) in [4.78, 5) is 16.2. The molecule has 0 radical (unpaired) electrons. The Hall–Kier alpha value is -3.20. The Morgan fingerprint density at radius 3 is 2.45 bits per heavy atom. The molecular formula is C41H49ClN2O4S. The fraction of sp³-hybridized carbons (Fsp3) is 0.415. The summed E-state index contributed by atoms with van der Waals surface area (Å²) < 4.78 is 0. The summed E-state index contributed by atoms with van der Waals surface area (Å²) in [5.74, 6) is 0.122. The molecule has 0 unspecified atom stereocenters. The highest BCUT2D eigenvalue weighted by atomic mass is 35.5. The molecular weight excluding hydrogens is 652 g/mol. The summed E-state index contributed by atoms with van der Waals surface area (Å²) in [7, 11) is 0. The number of halogens is 1. The minimum absolute atomic E-state index is 0.0604. The second-order valence-electron chi connectivity index (χ2n) is 14.3. The highest BCUT2D eigenvalue weighted by Gasteiger charge is 2.44. The number of aryl methyl sites for hydroxylation is 1. The van der Waals surface area contributed by atoms with Gasteiger partial charge in [-0.05, 0) is 117 Å². The molecule has 8 heteroatoms. The maximum atomic E-state index is 11.5.